The van der Waals surface area contributed by atoms with E-state index >= 15 is 0 Å². The second-order valence-corrected chi connectivity index (χ2v) is 8.19. The molecule has 3 aromatic rings. The fourth-order valence-electron chi connectivity index (χ4n) is 4.31. The average molecular weight is 375 g/mol. The number of aryl methyl sites for hydroxylation is 3. The van der Waals surface area contributed by atoms with Crippen molar-refractivity contribution >= 4 is 16.5 Å². The van der Waals surface area contributed by atoms with Crippen LogP contribution in [-0.4, -0.2) is 31.8 Å². The second kappa shape index (κ2) is 7.92. The zero-order valence-corrected chi connectivity index (χ0v) is 17.5. The van der Waals surface area contributed by atoms with E-state index in [1.165, 1.54) is 51.6 Å². The molecule has 0 bridgehead atoms. The largest absolute Gasteiger partial charge is 0.383 e. The molecule has 0 spiro atoms. The average Bonchev–Trinajstić information content (AvgIpc) is 3.49. The molecule has 0 saturated heterocycles. The Kier molecular flexibility index (Phi) is 5.36. The minimum absolute atomic E-state index is 0.735. The van der Waals surface area contributed by atoms with Crippen molar-refractivity contribution in [1.29, 1.82) is 0 Å². The Morgan fingerprint density at radius 2 is 1.71 bits per heavy atom. The maximum Gasteiger partial charge on any atom is 0.0787 e. The first kappa shape index (κ1) is 18.9. The monoisotopic (exact) mass is 374 g/mol. The van der Waals surface area contributed by atoms with Crippen LogP contribution in [0.3, 0.4) is 0 Å². The molecule has 146 valence electrons. The van der Waals surface area contributed by atoms with Crippen molar-refractivity contribution in [2.75, 3.05) is 31.7 Å². The third-order valence-corrected chi connectivity index (χ3v) is 5.77. The van der Waals surface area contributed by atoms with Crippen LogP contribution in [0.15, 0.2) is 42.6 Å². The van der Waals surface area contributed by atoms with Gasteiger partial charge in [0.05, 0.1) is 24.2 Å². The molecule has 3 heteroatoms. The summed E-state index contributed by atoms with van der Waals surface area (Å²) in [6, 6.07) is 13.2. The van der Waals surface area contributed by atoms with E-state index in [0.29, 0.717) is 0 Å². The molecule has 0 unspecified atom stereocenters. The van der Waals surface area contributed by atoms with Crippen LogP contribution in [0.4, 0.5) is 5.69 Å². The Labute approximate surface area is 168 Å². The van der Waals surface area contributed by atoms with Gasteiger partial charge in [0.1, 0.15) is 0 Å². The Balaban J connectivity index is 1.85. The second-order valence-electron chi connectivity index (χ2n) is 8.19. The summed E-state index contributed by atoms with van der Waals surface area (Å²) in [5.74, 6) is 0.817. The molecule has 1 heterocycles. The van der Waals surface area contributed by atoms with E-state index in [-0.39, 0.29) is 0 Å². The molecule has 1 aliphatic rings. The molecule has 1 aromatic heterocycles. The topological polar surface area (TPSA) is 25.4 Å². The maximum atomic E-state index is 5.38. The quantitative estimate of drug-likeness (QED) is 0.531. The molecule has 0 atom stereocenters. The molecular weight excluding hydrogens is 344 g/mol. The molecule has 0 aliphatic heterocycles. The van der Waals surface area contributed by atoms with Gasteiger partial charge in [-0.25, -0.2) is 0 Å². The van der Waals surface area contributed by atoms with Gasteiger partial charge in [0.15, 0.2) is 0 Å². The summed E-state index contributed by atoms with van der Waals surface area (Å²) in [4.78, 5) is 7.47. The van der Waals surface area contributed by atoms with E-state index in [4.69, 9.17) is 9.72 Å². The number of methoxy groups -OCH3 is 1. The number of pyridine rings is 1. The summed E-state index contributed by atoms with van der Waals surface area (Å²) >= 11 is 0. The minimum atomic E-state index is 0.735. The van der Waals surface area contributed by atoms with E-state index in [1.807, 2.05) is 0 Å². The van der Waals surface area contributed by atoms with Crippen LogP contribution in [0.5, 0.6) is 0 Å². The first-order valence-electron chi connectivity index (χ1n) is 10.3. The van der Waals surface area contributed by atoms with Gasteiger partial charge in [-0.2, -0.15) is 0 Å². The fraction of sp³-hybridized carbons (Fsp3) is 0.400. The number of anilines is 1. The highest BCUT2D eigenvalue weighted by molar-refractivity contribution is 6.02. The number of nitrogens with zero attached hydrogens (tertiary/aromatic N) is 2. The highest BCUT2D eigenvalue weighted by atomic mass is 16.5. The van der Waals surface area contributed by atoms with Crippen molar-refractivity contribution in [2.24, 2.45) is 5.92 Å². The number of benzene rings is 2. The van der Waals surface area contributed by atoms with Crippen LogP contribution in [-0.2, 0) is 4.74 Å². The van der Waals surface area contributed by atoms with Gasteiger partial charge < -0.3 is 9.64 Å². The Bertz CT molecular complexity index is 968. The lowest BCUT2D eigenvalue weighted by Gasteiger charge is -2.26. The summed E-state index contributed by atoms with van der Waals surface area (Å²) in [6.07, 6.45) is 4.76. The van der Waals surface area contributed by atoms with Crippen molar-refractivity contribution in [3.63, 3.8) is 0 Å². The molecule has 1 saturated carbocycles. The van der Waals surface area contributed by atoms with Gasteiger partial charge in [-0.1, -0.05) is 42.0 Å². The lowest BCUT2D eigenvalue weighted by Crippen LogP contribution is -2.29. The molecule has 1 fully saturated rings. The highest BCUT2D eigenvalue weighted by Gasteiger charge is 2.26. The number of ether oxygens (including phenoxy) is 1. The number of fused-ring (bicyclic) bond motifs is 1. The van der Waals surface area contributed by atoms with Gasteiger partial charge in [-0.3, -0.25) is 4.98 Å². The number of aromatic nitrogens is 1. The van der Waals surface area contributed by atoms with E-state index in [9.17, 15) is 0 Å². The van der Waals surface area contributed by atoms with Crippen molar-refractivity contribution in [3.05, 3.63) is 59.3 Å². The summed E-state index contributed by atoms with van der Waals surface area (Å²) in [5, 5.41) is 2.51. The zero-order valence-electron chi connectivity index (χ0n) is 17.5. The first-order chi connectivity index (χ1) is 13.6. The van der Waals surface area contributed by atoms with Crippen molar-refractivity contribution in [2.45, 2.75) is 33.6 Å². The van der Waals surface area contributed by atoms with Crippen molar-refractivity contribution in [1.82, 2.24) is 4.98 Å². The number of hydrogen-bond acceptors (Lipinski definition) is 3. The zero-order chi connectivity index (χ0) is 19.7. The SMILES string of the molecule is COCCN(CC1CC1)c1cnc(-c2c(C)cc(C)cc2C)c2ccccc12. The third kappa shape index (κ3) is 3.77. The number of rotatable bonds is 7. The van der Waals surface area contributed by atoms with Crippen LogP contribution in [0.25, 0.3) is 22.0 Å². The molecule has 1 aliphatic carbocycles. The molecule has 0 amide bonds. The predicted molar refractivity (Wildman–Crippen MR) is 118 cm³/mol. The van der Waals surface area contributed by atoms with Gasteiger partial charge in [-0.15, -0.1) is 0 Å². The van der Waals surface area contributed by atoms with Gasteiger partial charge in [0.2, 0.25) is 0 Å². The van der Waals surface area contributed by atoms with Crippen LogP contribution in [0.2, 0.25) is 0 Å². The smallest absolute Gasteiger partial charge is 0.0787 e. The van der Waals surface area contributed by atoms with Crippen molar-refractivity contribution < 1.29 is 4.74 Å². The maximum absolute atomic E-state index is 5.38. The van der Waals surface area contributed by atoms with Gasteiger partial charge in [0, 0.05) is 36.5 Å². The molecule has 3 nitrogen and oxygen atoms in total. The van der Waals surface area contributed by atoms with Crippen LogP contribution >= 0.6 is 0 Å². The summed E-state index contributed by atoms with van der Waals surface area (Å²) in [7, 11) is 1.78. The van der Waals surface area contributed by atoms with Crippen molar-refractivity contribution in [3.8, 4) is 11.3 Å². The lowest BCUT2D eigenvalue weighted by atomic mass is 9.94. The summed E-state index contributed by atoms with van der Waals surface area (Å²) < 4.78 is 5.38. The Morgan fingerprint density at radius 3 is 2.36 bits per heavy atom. The van der Waals surface area contributed by atoms with Gasteiger partial charge in [-0.05, 0) is 50.7 Å². The van der Waals surface area contributed by atoms with Gasteiger partial charge in [0.25, 0.3) is 0 Å². The predicted octanol–water partition coefficient (Wildman–Crippen LogP) is 5.69. The molecule has 2 aromatic carbocycles. The first-order valence-corrected chi connectivity index (χ1v) is 10.3. The van der Waals surface area contributed by atoms with Crippen LogP contribution < -0.4 is 4.90 Å². The standard InChI is InChI=1S/C25H30N2O/c1-17-13-18(2)24(19(3)14-17)25-22-8-6-5-7-21(22)23(15-26-25)27(11-12-28-4)16-20-9-10-20/h5-8,13-15,20H,9-12,16H2,1-4H3. The lowest BCUT2D eigenvalue weighted by molar-refractivity contribution is 0.205. The molecular formula is C25H30N2O. The van der Waals surface area contributed by atoms with E-state index in [0.717, 1.165) is 31.3 Å². The minimum Gasteiger partial charge on any atom is -0.383 e. The highest BCUT2D eigenvalue weighted by Crippen LogP contribution is 2.38. The van der Waals surface area contributed by atoms with E-state index in [2.05, 4.69) is 68.3 Å². The van der Waals surface area contributed by atoms with Crippen LogP contribution in [0, 0.1) is 26.7 Å². The molecule has 0 radical (unpaired) electrons. The number of hydrogen-bond donors (Lipinski definition) is 0. The molecule has 4 rings (SSSR count). The fourth-order valence-corrected chi connectivity index (χ4v) is 4.31. The summed E-state index contributed by atoms with van der Waals surface area (Å²) in [5.41, 5.74) is 7.46. The van der Waals surface area contributed by atoms with Crippen LogP contribution in [0.1, 0.15) is 29.5 Å². The Morgan fingerprint density at radius 1 is 1.04 bits per heavy atom. The van der Waals surface area contributed by atoms with Gasteiger partial charge >= 0.3 is 0 Å². The Hall–Kier alpha value is -2.39. The van der Waals surface area contributed by atoms with E-state index in [1.54, 1.807) is 7.11 Å². The third-order valence-electron chi connectivity index (χ3n) is 5.77. The molecule has 28 heavy (non-hydrogen) atoms. The molecule has 0 N–H and O–H groups in total. The normalized spacial score (nSPS) is 13.9. The van der Waals surface area contributed by atoms with E-state index < -0.39 is 0 Å². The summed E-state index contributed by atoms with van der Waals surface area (Å²) in [6.45, 7) is 9.27.